The number of hydrogen-bond acceptors (Lipinski definition) is 6. The first-order chi connectivity index (χ1) is 14.1. The van der Waals surface area contributed by atoms with Crippen molar-refractivity contribution in [3.05, 3.63) is 65.0 Å². The van der Waals surface area contributed by atoms with Gasteiger partial charge in [0, 0.05) is 22.8 Å². The predicted octanol–water partition coefficient (Wildman–Crippen LogP) is 3.61. The van der Waals surface area contributed by atoms with Crippen LogP contribution in [0.1, 0.15) is 35.2 Å². The fraction of sp³-hybridized carbons (Fsp3) is 0.286. The minimum Gasteiger partial charge on any atom is -0.473 e. The summed E-state index contributed by atoms with van der Waals surface area (Å²) < 4.78 is 10.8. The quantitative estimate of drug-likeness (QED) is 0.640. The number of carbonyl (C=O) groups excluding carboxylic acids is 1. The van der Waals surface area contributed by atoms with Crippen molar-refractivity contribution < 1.29 is 19.2 Å². The van der Waals surface area contributed by atoms with Gasteiger partial charge >= 0.3 is 0 Å². The van der Waals surface area contributed by atoms with Crippen LogP contribution in [-0.2, 0) is 6.61 Å². The van der Waals surface area contributed by atoms with Crippen molar-refractivity contribution in [2.45, 2.75) is 38.0 Å². The Labute approximate surface area is 172 Å². The summed E-state index contributed by atoms with van der Waals surface area (Å²) >= 11 is 5.93. The Morgan fingerprint density at radius 1 is 1.24 bits per heavy atom. The molecule has 1 fully saturated rings. The summed E-state index contributed by atoms with van der Waals surface area (Å²) in [5.41, 5.74) is 2.73. The number of aromatic nitrogens is 2. The highest BCUT2D eigenvalue weighted by Gasteiger charge is 2.26. The van der Waals surface area contributed by atoms with Gasteiger partial charge in [-0.2, -0.15) is 0 Å². The molecule has 150 valence electrons. The van der Waals surface area contributed by atoms with Crippen LogP contribution in [0.25, 0.3) is 11.3 Å². The van der Waals surface area contributed by atoms with Gasteiger partial charge in [-0.1, -0.05) is 28.9 Å². The predicted molar refractivity (Wildman–Crippen MR) is 107 cm³/mol. The van der Waals surface area contributed by atoms with E-state index < -0.39 is 6.10 Å². The molecule has 2 atom stereocenters. The molecule has 0 saturated heterocycles. The number of aliphatic hydroxyl groups excluding tert-OH is 1. The van der Waals surface area contributed by atoms with E-state index in [2.05, 4.69) is 15.5 Å². The van der Waals surface area contributed by atoms with E-state index in [1.165, 1.54) is 12.5 Å². The van der Waals surface area contributed by atoms with Gasteiger partial charge in [-0.15, -0.1) is 0 Å². The summed E-state index contributed by atoms with van der Waals surface area (Å²) in [5, 5.41) is 17.4. The van der Waals surface area contributed by atoms with Gasteiger partial charge in [-0.25, -0.2) is 4.98 Å². The molecule has 0 radical (unpaired) electrons. The lowest BCUT2D eigenvalue weighted by molar-refractivity contribution is 0.0873. The van der Waals surface area contributed by atoms with E-state index in [-0.39, 0.29) is 18.6 Å². The number of nitrogens with zero attached hydrogens (tertiary/aromatic N) is 2. The van der Waals surface area contributed by atoms with E-state index in [9.17, 15) is 9.90 Å². The molecule has 0 aliphatic heterocycles. The van der Waals surface area contributed by atoms with Crippen molar-refractivity contribution in [2.24, 2.45) is 0 Å². The van der Waals surface area contributed by atoms with E-state index in [0.29, 0.717) is 22.2 Å². The molecule has 2 heterocycles. The molecule has 3 aromatic rings. The number of ether oxygens (including phenoxy) is 1. The van der Waals surface area contributed by atoms with Crippen LogP contribution < -0.4 is 10.1 Å². The van der Waals surface area contributed by atoms with Crippen LogP contribution in [0.3, 0.4) is 0 Å². The fourth-order valence-electron chi connectivity index (χ4n) is 3.32. The fourth-order valence-corrected chi connectivity index (χ4v) is 3.44. The highest BCUT2D eigenvalue weighted by molar-refractivity contribution is 6.30. The van der Waals surface area contributed by atoms with Crippen molar-refractivity contribution in [1.29, 1.82) is 0 Å². The lowest BCUT2D eigenvalue weighted by Gasteiger charge is -2.16. The molecule has 0 unspecified atom stereocenters. The third kappa shape index (κ3) is 4.58. The maximum atomic E-state index is 12.3. The molecule has 0 bridgehead atoms. The van der Waals surface area contributed by atoms with E-state index in [1.807, 2.05) is 12.1 Å². The number of rotatable bonds is 6. The number of nitrogens with one attached hydrogen (secondary N) is 1. The Balaban J connectivity index is 1.37. The van der Waals surface area contributed by atoms with Crippen LogP contribution in [-0.4, -0.2) is 33.3 Å². The van der Waals surface area contributed by atoms with Gasteiger partial charge < -0.3 is 19.7 Å². The summed E-state index contributed by atoms with van der Waals surface area (Å²) in [4.78, 5) is 16.5. The molecule has 0 spiro atoms. The van der Waals surface area contributed by atoms with Gasteiger partial charge in [0.15, 0.2) is 0 Å². The van der Waals surface area contributed by atoms with E-state index in [0.717, 1.165) is 30.4 Å². The highest BCUT2D eigenvalue weighted by atomic mass is 35.5. The molecule has 1 aliphatic carbocycles. The second kappa shape index (κ2) is 8.63. The van der Waals surface area contributed by atoms with Crippen LogP contribution >= 0.6 is 11.6 Å². The molecule has 1 saturated carbocycles. The van der Waals surface area contributed by atoms with E-state index in [4.69, 9.17) is 20.9 Å². The van der Waals surface area contributed by atoms with Crippen molar-refractivity contribution in [1.82, 2.24) is 15.5 Å². The molecular weight excluding hydrogens is 394 g/mol. The zero-order valence-electron chi connectivity index (χ0n) is 15.5. The Kier molecular flexibility index (Phi) is 5.78. The molecule has 2 aromatic heterocycles. The Bertz CT molecular complexity index is 972. The highest BCUT2D eigenvalue weighted by Crippen LogP contribution is 2.25. The van der Waals surface area contributed by atoms with Crippen LogP contribution in [0.2, 0.25) is 5.02 Å². The summed E-state index contributed by atoms with van der Waals surface area (Å²) in [7, 11) is 0. The Morgan fingerprint density at radius 3 is 2.76 bits per heavy atom. The number of benzene rings is 1. The van der Waals surface area contributed by atoms with Gasteiger partial charge in [-0.05, 0) is 37.5 Å². The Morgan fingerprint density at radius 2 is 2.07 bits per heavy atom. The lowest BCUT2D eigenvalue weighted by atomic mass is 10.1. The van der Waals surface area contributed by atoms with Gasteiger partial charge in [0.05, 0.1) is 23.3 Å². The normalized spacial score (nSPS) is 18.6. The molecule has 1 aromatic carbocycles. The topological polar surface area (TPSA) is 97.5 Å². The van der Waals surface area contributed by atoms with Crippen LogP contribution in [0.5, 0.6) is 5.88 Å². The van der Waals surface area contributed by atoms with E-state index in [1.54, 1.807) is 24.3 Å². The summed E-state index contributed by atoms with van der Waals surface area (Å²) in [6, 6.07) is 10.4. The molecule has 4 rings (SSSR count). The van der Waals surface area contributed by atoms with Crippen molar-refractivity contribution in [3.63, 3.8) is 0 Å². The van der Waals surface area contributed by atoms with Crippen LogP contribution in [0, 0.1) is 0 Å². The maximum absolute atomic E-state index is 12.3. The Hall–Kier alpha value is -2.90. The zero-order chi connectivity index (χ0) is 20.2. The summed E-state index contributed by atoms with van der Waals surface area (Å²) in [6.45, 7) is 0.217. The third-order valence-corrected chi connectivity index (χ3v) is 5.18. The zero-order valence-corrected chi connectivity index (χ0v) is 16.3. The summed E-state index contributed by atoms with van der Waals surface area (Å²) in [6.07, 6.45) is 4.93. The lowest BCUT2D eigenvalue weighted by Crippen LogP contribution is -2.39. The number of pyridine rings is 1. The largest absolute Gasteiger partial charge is 0.473 e. The molecule has 1 amide bonds. The second-order valence-corrected chi connectivity index (χ2v) is 7.38. The van der Waals surface area contributed by atoms with Crippen LogP contribution in [0.15, 0.2) is 53.4 Å². The molecule has 29 heavy (non-hydrogen) atoms. The second-order valence-electron chi connectivity index (χ2n) is 6.95. The molecule has 1 aliphatic rings. The van der Waals surface area contributed by atoms with Gasteiger partial charge in [-0.3, -0.25) is 4.79 Å². The standard InChI is InChI=1S/C21H20ClN3O4/c22-16-7-4-13(5-8-16)20-15(12-29-25-20)11-28-19-9-6-14(10-23-19)21(27)24-17-2-1-3-18(17)26/h4-10,12,17-18,26H,1-3,11H2,(H,24,27)/t17-,18-/m1/s1. The van der Waals surface area contributed by atoms with Crippen LogP contribution in [0.4, 0.5) is 0 Å². The smallest absolute Gasteiger partial charge is 0.253 e. The van der Waals surface area contributed by atoms with Crippen molar-refractivity contribution in [2.75, 3.05) is 0 Å². The average molecular weight is 414 g/mol. The van der Waals surface area contributed by atoms with E-state index >= 15 is 0 Å². The first-order valence-corrected chi connectivity index (χ1v) is 9.75. The molecule has 7 nitrogen and oxygen atoms in total. The van der Waals surface area contributed by atoms with Gasteiger partial charge in [0.25, 0.3) is 5.91 Å². The first-order valence-electron chi connectivity index (χ1n) is 9.37. The minimum atomic E-state index is -0.479. The molecule has 2 N–H and O–H groups in total. The maximum Gasteiger partial charge on any atom is 0.253 e. The number of carbonyl (C=O) groups is 1. The monoisotopic (exact) mass is 413 g/mol. The van der Waals surface area contributed by atoms with Crippen molar-refractivity contribution in [3.8, 4) is 17.1 Å². The van der Waals surface area contributed by atoms with Crippen molar-refractivity contribution >= 4 is 17.5 Å². The third-order valence-electron chi connectivity index (χ3n) is 4.93. The number of hydrogen-bond donors (Lipinski definition) is 2. The average Bonchev–Trinajstić information content (AvgIpc) is 3.36. The number of halogens is 1. The summed E-state index contributed by atoms with van der Waals surface area (Å²) in [5.74, 6) is 0.129. The van der Waals surface area contributed by atoms with Gasteiger partial charge in [0.2, 0.25) is 5.88 Å². The number of amides is 1. The van der Waals surface area contributed by atoms with Gasteiger partial charge in [0.1, 0.15) is 18.6 Å². The molecule has 8 heteroatoms. The SMILES string of the molecule is O=C(N[C@@H]1CCC[C@H]1O)c1ccc(OCc2conc2-c2ccc(Cl)cc2)nc1. The first kappa shape index (κ1) is 19.4. The molecular formula is C21H20ClN3O4. The number of aliphatic hydroxyl groups is 1. The minimum absolute atomic E-state index is 0.196.